The lowest BCUT2D eigenvalue weighted by Crippen LogP contribution is -2.33. The van der Waals surface area contributed by atoms with Gasteiger partial charge in [-0.2, -0.15) is 0 Å². The number of rotatable bonds is 4. The van der Waals surface area contributed by atoms with Crippen molar-refractivity contribution in [2.24, 2.45) is 5.92 Å². The molecule has 0 bridgehead atoms. The molecule has 4 nitrogen and oxygen atoms in total. The third kappa shape index (κ3) is 2.52. The number of benzene rings is 1. The summed E-state index contributed by atoms with van der Waals surface area (Å²) in [5, 5.41) is 0. The fraction of sp³-hybridized carbons (Fsp3) is 0.538. The summed E-state index contributed by atoms with van der Waals surface area (Å²) in [6.45, 7) is 4.21. The highest BCUT2D eigenvalue weighted by Crippen LogP contribution is 2.28. The molecule has 1 aromatic rings. The summed E-state index contributed by atoms with van der Waals surface area (Å²) in [4.78, 5) is 0.238. The van der Waals surface area contributed by atoms with Crippen molar-refractivity contribution in [1.82, 2.24) is 4.72 Å². The Balaban J connectivity index is 2.25. The molecule has 0 heterocycles. The standard InChI is InChI=1S/C13H20N2O2S/c1-9-6-7-12(14)13(10(9)2)18(16,17)15-8-11-4-3-5-11/h6-7,11,15H,3-5,8,14H2,1-2H3. The molecule has 0 spiro atoms. The average Bonchev–Trinajstić information content (AvgIpc) is 2.21. The van der Waals surface area contributed by atoms with Crippen LogP contribution in [0.1, 0.15) is 30.4 Å². The Hall–Kier alpha value is -1.07. The molecule has 0 saturated heterocycles. The van der Waals surface area contributed by atoms with Gasteiger partial charge >= 0.3 is 0 Å². The predicted octanol–water partition coefficient (Wildman–Crippen LogP) is 1.96. The molecule has 2 rings (SSSR count). The number of hydrogen-bond donors (Lipinski definition) is 2. The monoisotopic (exact) mass is 268 g/mol. The van der Waals surface area contributed by atoms with Crippen LogP contribution >= 0.6 is 0 Å². The second-order valence-corrected chi connectivity index (χ2v) is 6.78. The maximum Gasteiger partial charge on any atom is 0.242 e. The molecule has 5 heteroatoms. The minimum atomic E-state index is -3.49. The highest BCUT2D eigenvalue weighted by molar-refractivity contribution is 7.89. The number of sulfonamides is 1. The van der Waals surface area contributed by atoms with Crippen molar-refractivity contribution in [1.29, 1.82) is 0 Å². The molecule has 0 aromatic heterocycles. The third-order valence-electron chi connectivity index (χ3n) is 3.76. The van der Waals surface area contributed by atoms with Gasteiger partial charge in [-0.3, -0.25) is 0 Å². The molecular weight excluding hydrogens is 248 g/mol. The molecular formula is C13H20N2O2S. The summed E-state index contributed by atoms with van der Waals surface area (Å²) in [7, 11) is -3.49. The van der Waals surface area contributed by atoms with Gasteiger partial charge in [-0.25, -0.2) is 13.1 Å². The number of aryl methyl sites for hydroxylation is 1. The Labute approximate surface area is 109 Å². The summed E-state index contributed by atoms with van der Waals surface area (Å²) < 4.78 is 27.2. The molecule has 0 radical (unpaired) electrons. The largest absolute Gasteiger partial charge is 0.398 e. The molecule has 0 aliphatic heterocycles. The summed E-state index contributed by atoms with van der Waals surface area (Å²) in [6, 6.07) is 3.50. The van der Waals surface area contributed by atoms with Crippen molar-refractivity contribution >= 4 is 15.7 Å². The van der Waals surface area contributed by atoms with Crippen LogP contribution in [0.4, 0.5) is 5.69 Å². The van der Waals surface area contributed by atoms with E-state index in [0.717, 1.165) is 24.0 Å². The topological polar surface area (TPSA) is 72.2 Å². The van der Waals surface area contributed by atoms with E-state index in [-0.39, 0.29) is 4.90 Å². The molecule has 3 N–H and O–H groups in total. The van der Waals surface area contributed by atoms with Gasteiger partial charge in [-0.1, -0.05) is 12.5 Å². The van der Waals surface area contributed by atoms with Crippen LogP contribution in [0.25, 0.3) is 0 Å². The quantitative estimate of drug-likeness (QED) is 0.820. The molecule has 0 amide bonds. The van der Waals surface area contributed by atoms with Crippen molar-refractivity contribution in [3.8, 4) is 0 Å². The van der Waals surface area contributed by atoms with E-state index in [4.69, 9.17) is 5.73 Å². The smallest absolute Gasteiger partial charge is 0.242 e. The Bertz CT molecular complexity index is 548. The van der Waals surface area contributed by atoms with Crippen LogP contribution in [0.2, 0.25) is 0 Å². The van der Waals surface area contributed by atoms with E-state index in [1.54, 1.807) is 13.0 Å². The lowest BCUT2D eigenvalue weighted by molar-refractivity contribution is 0.316. The Morgan fingerprint density at radius 1 is 1.33 bits per heavy atom. The summed E-state index contributed by atoms with van der Waals surface area (Å²) in [6.07, 6.45) is 3.44. The highest BCUT2D eigenvalue weighted by atomic mass is 32.2. The number of nitrogens with one attached hydrogen (secondary N) is 1. The minimum Gasteiger partial charge on any atom is -0.398 e. The van der Waals surface area contributed by atoms with Crippen LogP contribution < -0.4 is 10.5 Å². The normalized spacial score (nSPS) is 16.6. The van der Waals surface area contributed by atoms with Gasteiger partial charge in [-0.05, 0) is 49.8 Å². The second-order valence-electron chi connectivity index (χ2n) is 5.07. The number of hydrogen-bond acceptors (Lipinski definition) is 3. The van der Waals surface area contributed by atoms with Gasteiger partial charge in [-0.15, -0.1) is 0 Å². The van der Waals surface area contributed by atoms with Crippen molar-refractivity contribution in [2.75, 3.05) is 12.3 Å². The Morgan fingerprint density at radius 3 is 2.56 bits per heavy atom. The minimum absolute atomic E-state index is 0.238. The third-order valence-corrected chi connectivity index (χ3v) is 5.39. The maximum atomic E-state index is 12.3. The lowest BCUT2D eigenvalue weighted by Gasteiger charge is -2.25. The van der Waals surface area contributed by atoms with E-state index in [1.807, 2.05) is 13.0 Å². The fourth-order valence-electron chi connectivity index (χ4n) is 2.16. The summed E-state index contributed by atoms with van der Waals surface area (Å²) in [5.41, 5.74) is 7.80. The summed E-state index contributed by atoms with van der Waals surface area (Å²) >= 11 is 0. The van der Waals surface area contributed by atoms with Crippen molar-refractivity contribution in [3.63, 3.8) is 0 Å². The first-order valence-corrected chi connectivity index (χ1v) is 7.75. The molecule has 1 saturated carbocycles. The Kier molecular flexibility index (Phi) is 3.64. The molecule has 1 aromatic carbocycles. The van der Waals surface area contributed by atoms with Crippen LogP contribution in [-0.2, 0) is 10.0 Å². The van der Waals surface area contributed by atoms with Gasteiger partial charge in [0.15, 0.2) is 0 Å². The molecule has 100 valence electrons. The SMILES string of the molecule is Cc1ccc(N)c(S(=O)(=O)NCC2CCC2)c1C. The molecule has 0 atom stereocenters. The maximum absolute atomic E-state index is 12.3. The first-order chi connectivity index (χ1) is 8.42. The van der Waals surface area contributed by atoms with Crippen molar-refractivity contribution in [3.05, 3.63) is 23.3 Å². The molecule has 1 fully saturated rings. The van der Waals surface area contributed by atoms with E-state index in [9.17, 15) is 8.42 Å². The van der Waals surface area contributed by atoms with Crippen LogP contribution in [0.15, 0.2) is 17.0 Å². The Morgan fingerprint density at radius 2 is 2.00 bits per heavy atom. The van der Waals surface area contributed by atoms with Crippen LogP contribution in [0, 0.1) is 19.8 Å². The van der Waals surface area contributed by atoms with E-state index < -0.39 is 10.0 Å². The van der Waals surface area contributed by atoms with Gasteiger partial charge in [0, 0.05) is 6.54 Å². The van der Waals surface area contributed by atoms with Gasteiger partial charge < -0.3 is 5.73 Å². The van der Waals surface area contributed by atoms with Crippen LogP contribution in [0.5, 0.6) is 0 Å². The van der Waals surface area contributed by atoms with Crippen LogP contribution in [0.3, 0.4) is 0 Å². The van der Waals surface area contributed by atoms with Crippen molar-refractivity contribution in [2.45, 2.75) is 38.0 Å². The second kappa shape index (κ2) is 4.90. The number of nitrogen functional groups attached to an aromatic ring is 1. The van der Waals surface area contributed by atoms with E-state index in [1.165, 1.54) is 6.42 Å². The first kappa shape index (κ1) is 13.4. The molecule has 1 aliphatic rings. The highest BCUT2D eigenvalue weighted by Gasteiger charge is 2.24. The van der Waals surface area contributed by atoms with Gasteiger partial charge in [0.2, 0.25) is 10.0 Å². The number of nitrogens with two attached hydrogens (primary N) is 1. The molecule has 0 unspecified atom stereocenters. The zero-order valence-corrected chi connectivity index (χ0v) is 11.7. The predicted molar refractivity (Wildman–Crippen MR) is 72.9 cm³/mol. The number of anilines is 1. The zero-order valence-electron chi connectivity index (χ0n) is 10.9. The van der Waals surface area contributed by atoms with Gasteiger partial charge in [0.25, 0.3) is 0 Å². The lowest BCUT2D eigenvalue weighted by atomic mass is 9.86. The molecule has 18 heavy (non-hydrogen) atoms. The van der Waals surface area contributed by atoms with E-state index in [2.05, 4.69) is 4.72 Å². The van der Waals surface area contributed by atoms with Crippen molar-refractivity contribution < 1.29 is 8.42 Å². The first-order valence-electron chi connectivity index (χ1n) is 6.27. The molecule has 1 aliphatic carbocycles. The van der Waals surface area contributed by atoms with Crippen LogP contribution in [-0.4, -0.2) is 15.0 Å². The van der Waals surface area contributed by atoms with Gasteiger partial charge in [0.05, 0.1) is 5.69 Å². The van der Waals surface area contributed by atoms with E-state index >= 15 is 0 Å². The fourth-order valence-corrected chi connectivity index (χ4v) is 3.71. The zero-order chi connectivity index (χ0) is 13.3. The van der Waals surface area contributed by atoms with E-state index in [0.29, 0.717) is 18.2 Å². The summed E-state index contributed by atoms with van der Waals surface area (Å²) in [5.74, 6) is 0.492. The van der Waals surface area contributed by atoms with Gasteiger partial charge in [0.1, 0.15) is 4.90 Å². The average molecular weight is 268 g/mol.